The van der Waals surface area contributed by atoms with Gasteiger partial charge in [-0.05, 0) is 176 Å². The van der Waals surface area contributed by atoms with Crippen LogP contribution < -0.4 is 26.0 Å². The minimum atomic E-state index is -2.24. The van der Waals surface area contributed by atoms with E-state index in [9.17, 15) is 14.4 Å². The lowest BCUT2D eigenvalue weighted by Crippen LogP contribution is -2.55. The molecule has 1 saturated carbocycles. The molecule has 4 N–H and O–H groups in total. The quantitative estimate of drug-likeness (QED) is 0.0750. The van der Waals surface area contributed by atoms with Crippen molar-refractivity contribution in [1.29, 1.82) is 0 Å². The minimum absolute atomic E-state index is 0.00969. The van der Waals surface area contributed by atoms with Crippen molar-refractivity contribution in [3.63, 3.8) is 0 Å². The van der Waals surface area contributed by atoms with Gasteiger partial charge in [-0.15, -0.1) is 23.2 Å². The first-order valence-corrected chi connectivity index (χ1v) is 26.8. The largest absolute Gasteiger partial charge is 0.497 e. The fourth-order valence-corrected chi connectivity index (χ4v) is 15.3. The number of halogens is 6. The van der Waals surface area contributed by atoms with Crippen molar-refractivity contribution in [1.82, 2.24) is 21.3 Å². The van der Waals surface area contributed by atoms with Crippen molar-refractivity contribution in [2.24, 2.45) is 41.4 Å². The van der Waals surface area contributed by atoms with E-state index in [2.05, 4.69) is 21.3 Å². The molecule has 4 heterocycles. The third-order valence-corrected chi connectivity index (χ3v) is 20.8. The van der Waals surface area contributed by atoms with Crippen molar-refractivity contribution in [3.05, 3.63) is 39.4 Å². The maximum absolute atomic E-state index is 15.1. The first-order valence-electron chi connectivity index (χ1n) is 24.5. The number of allylic oxidation sites excluding steroid dienone is 2. The summed E-state index contributed by atoms with van der Waals surface area (Å²) in [5.41, 5.74) is -3.89. The van der Waals surface area contributed by atoms with Gasteiger partial charge in [0.05, 0.1) is 40.1 Å². The number of hydrogen-bond donors (Lipinski definition) is 4. The second-order valence-corrected chi connectivity index (χ2v) is 25.1. The molecule has 13 nitrogen and oxygen atoms in total. The molecule has 4 aliphatic heterocycles. The molecule has 7 unspecified atom stereocenters. The maximum Gasteiger partial charge on any atom is 0.339 e. The zero-order chi connectivity index (χ0) is 50.5. The average Bonchev–Trinajstić information content (AvgIpc) is 3.52. The summed E-state index contributed by atoms with van der Waals surface area (Å²) >= 11 is 42.3. The van der Waals surface area contributed by atoms with Crippen molar-refractivity contribution in [2.45, 2.75) is 136 Å². The number of nitrogens with one attached hydrogen (secondary N) is 4. The molecule has 7 atom stereocenters. The van der Waals surface area contributed by atoms with Crippen molar-refractivity contribution in [3.8, 4) is 5.75 Å². The molecule has 2 aliphatic carbocycles. The Labute approximate surface area is 437 Å². The van der Waals surface area contributed by atoms with Gasteiger partial charge in [0.15, 0.2) is 4.33 Å². The molecule has 19 heteroatoms. The highest BCUT2D eigenvalue weighted by Gasteiger charge is 2.86. The molecule has 0 amide bonds. The molecular formula is C50H70Cl6N4O9. The van der Waals surface area contributed by atoms with Crippen LogP contribution in [0.15, 0.2) is 28.3 Å². The Bertz CT molecular complexity index is 2140. The zero-order valence-corrected chi connectivity index (χ0v) is 45.6. The molecule has 2 bridgehead atoms. The van der Waals surface area contributed by atoms with Gasteiger partial charge in [-0.2, -0.15) is 0 Å². The number of hydrogen-bond acceptors (Lipinski definition) is 13. The highest BCUT2D eigenvalue weighted by atomic mass is 35.5. The van der Waals surface area contributed by atoms with Gasteiger partial charge in [0.2, 0.25) is 0 Å². The molecule has 6 aliphatic rings. The van der Waals surface area contributed by atoms with E-state index in [1.54, 1.807) is 12.1 Å². The number of methoxy groups -OCH3 is 1. The first-order chi connectivity index (χ1) is 32.3. The maximum atomic E-state index is 15.1. The molecule has 0 radical (unpaired) electrons. The van der Waals surface area contributed by atoms with E-state index in [0.29, 0.717) is 31.7 Å². The van der Waals surface area contributed by atoms with Gasteiger partial charge in [0.25, 0.3) is 0 Å². The fourth-order valence-electron chi connectivity index (χ4n) is 12.4. The van der Waals surface area contributed by atoms with Gasteiger partial charge in [-0.1, -0.05) is 46.4 Å². The Morgan fingerprint density at radius 3 is 1.51 bits per heavy atom. The van der Waals surface area contributed by atoms with Crippen molar-refractivity contribution in [2.75, 3.05) is 59.5 Å². The number of carbonyl (C=O) groups excluding carboxylic acids is 4. The lowest BCUT2D eigenvalue weighted by molar-refractivity contribution is -0.183. The molecule has 4 saturated heterocycles. The number of alkyl halides is 4. The van der Waals surface area contributed by atoms with E-state index in [1.165, 1.54) is 13.2 Å². The number of benzene rings is 1. The number of carbonyl (C=O) groups is 4. The van der Waals surface area contributed by atoms with Crippen LogP contribution in [-0.4, -0.2) is 120 Å². The van der Waals surface area contributed by atoms with Crippen LogP contribution in [0.5, 0.6) is 5.75 Å². The molecular weight excluding hydrogens is 1010 g/mol. The van der Waals surface area contributed by atoms with Crippen LogP contribution in [-0.2, 0) is 28.5 Å². The van der Waals surface area contributed by atoms with Gasteiger partial charge < -0.3 is 45.0 Å². The smallest absolute Gasteiger partial charge is 0.339 e. The summed E-state index contributed by atoms with van der Waals surface area (Å²) < 4.78 is 29.0. The summed E-state index contributed by atoms with van der Waals surface area (Å²) in [5, 5.41) is 13.1. The number of rotatable bonds is 15. The SMILES string of the molecule is COc1ccc(C(=O)OC(C)(C)C2CCNCC2)c(C(=O)OC(C)(CC2CNCCC2C(C)(C)OC(=O)C2C(C(=O)OC(C)(C)C3CCNCC3)C3(Cl)C(Cl)=C(Cl)C2(Cl)C3(Cl)Cl)C2CCNCC2)c1. The van der Waals surface area contributed by atoms with Crippen molar-refractivity contribution >= 4 is 93.5 Å². The molecule has 1 aromatic rings. The van der Waals surface area contributed by atoms with E-state index in [0.717, 1.165) is 77.8 Å². The fraction of sp³-hybridized carbons (Fsp3) is 0.760. The Kier molecular flexibility index (Phi) is 16.6. The Morgan fingerprint density at radius 2 is 1.01 bits per heavy atom. The van der Waals surface area contributed by atoms with Crippen LogP contribution in [0.25, 0.3) is 0 Å². The summed E-state index contributed by atoms with van der Waals surface area (Å²) in [6.07, 6.45) is 5.65. The van der Waals surface area contributed by atoms with Gasteiger partial charge in [0, 0.05) is 23.7 Å². The minimum Gasteiger partial charge on any atom is -0.497 e. The van der Waals surface area contributed by atoms with E-state index in [1.807, 2.05) is 48.5 Å². The summed E-state index contributed by atoms with van der Waals surface area (Å²) in [7, 11) is 1.50. The Morgan fingerprint density at radius 1 is 0.580 bits per heavy atom. The Hall–Kier alpha value is -1.78. The second-order valence-electron chi connectivity index (χ2n) is 21.9. The molecule has 69 heavy (non-hydrogen) atoms. The van der Waals surface area contributed by atoms with Crippen molar-refractivity contribution < 1.29 is 42.9 Å². The van der Waals surface area contributed by atoms with E-state index >= 15 is 4.79 Å². The zero-order valence-electron chi connectivity index (χ0n) is 41.0. The molecule has 1 aromatic carbocycles. The van der Waals surface area contributed by atoms with Crippen LogP contribution >= 0.6 is 69.6 Å². The predicted octanol–water partition coefficient (Wildman–Crippen LogP) is 8.88. The van der Waals surface area contributed by atoms with Crippen LogP contribution in [0, 0.1) is 41.4 Å². The normalized spacial score (nSPS) is 30.3. The lowest BCUT2D eigenvalue weighted by atomic mass is 9.68. The Balaban J connectivity index is 1.16. The summed E-state index contributed by atoms with van der Waals surface area (Å²) in [6, 6.07) is 4.71. The van der Waals surface area contributed by atoms with Crippen LogP contribution in [0.3, 0.4) is 0 Å². The van der Waals surface area contributed by atoms with Crippen LogP contribution in [0.4, 0.5) is 0 Å². The first kappa shape index (κ1) is 55.0. The predicted molar refractivity (Wildman–Crippen MR) is 270 cm³/mol. The summed E-state index contributed by atoms with van der Waals surface area (Å²) in [5.74, 6) is -6.28. The lowest BCUT2D eigenvalue weighted by Gasteiger charge is -2.48. The number of esters is 4. The molecule has 7 rings (SSSR count). The highest BCUT2D eigenvalue weighted by Crippen LogP contribution is 2.76. The topological polar surface area (TPSA) is 163 Å². The second kappa shape index (κ2) is 20.9. The van der Waals surface area contributed by atoms with E-state index in [4.69, 9.17) is 93.3 Å². The molecule has 0 aromatic heterocycles. The van der Waals surface area contributed by atoms with Gasteiger partial charge in [0.1, 0.15) is 37.9 Å². The monoisotopic (exact) mass is 1080 g/mol. The number of fused-ring (bicyclic) bond motifs is 2. The number of piperidine rings is 4. The van der Waals surface area contributed by atoms with Crippen LogP contribution in [0.1, 0.15) is 121 Å². The average molecular weight is 1080 g/mol. The van der Waals surface area contributed by atoms with Gasteiger partial charge in [-0.25, -0.2) is 9.59 Å². The highest BCUT2D eigenvalue weighted by molar-refractivity contribution is 6.66. The van der Waals surface area contributed by atoms with E-state index < -0.39 is 72.2 Å². The number of ether oxygens (including phenoxy) is 5. The molecule has 5 fully saturated rings. The summed E-state index contributed by atoms with van der Waals surface area (Å²) in [6.45, 7) is 18.8. The van der Waals surface area contributed by atoms with Gasteiger partial charge in [-0.3, -0.25) is 9.59 Å². The molecule has 386 valence electrons. The third-order valence-electron chi connectivity index (χ3n) is 16.5. The third kappa shape index (κ3) is 10.3. The van der Waals surface area contributed by atoms with Crippen LogP contribution in [0.2, 0.25) is 0 Å². The van der Waals surface area contributed by atoms with Gasteiger partial charge >= 0.3 is 23.9 Å². The standard InChI is InChI=1S/C50H70Cl6N4O9/c1-44(2,29-11-18-57-19-12-29)66-40(61)33-10-9-32(65-8)25-34(33)41(62)69-47(7,31-15-22-59-23-16-31)26-28-27-60-24-17-35(28)46(5,6)68-43(64)37-36(42(63)67-45(3,4)30-13-20-58-21-14-30)48(53)38(51)39(52)49(37,54)50(48,55)56/h9-10,25,28-31,35-37,57-60H,11-24,26-27H2,1-8H3. The van der Waals surface area contributed by atoms with E-state index in [-0.39, 0.29) is 50.8 Å². The summed E-state index contributed by atoms with van der Waals surface area (Å²) in [4.78, 5) is 54.2. The molecule has 0 spiro atoms.